The molecular weight excluding hydrogens is 222 g/mol. The van der Waals surface area contributed by atoms with Gasteiger partial charge in [0.25, 0.3) is 0 Å². The third-order valence-corrected chi connectivity index (χ3v) is 5.08. The normalized spacial score (nSPS) is 36.2. The second kappa shape index (κ2) is 6.36. The first-order chi connectivity index (χ1) is 8.56. The van der Waals surface area contributed by atoms with Crippen molar-refractivity contribution in [1.82, 2.24) is 9.80 Å². The molecule has 2 N–H and O–H groups in total. The lowest BCUT2D eigenvalue weighted by molar-refractivity contribution is 0.104. The van der Waals surface area contributed by atoms with Crippen LogP contribution in [0, 0.1) is 11.8 Å². The highest BCUT2D eigenvalue weighted by atomic mass is 15.2. The van der Waals surface area contributed by atoms with Crippen molar-refractivity contribution in [3.05, 3.63) is 0 Å². The number of nitrogens with two attached hydrogens (primary N) is 1. The standard InChI is InChI=1S/C15H31N3/c1-12-4-5-14(16)15(10-12)18(3)11-13-6-8-17(2)9-7-13/h12-15H,4-11,16H2,1-3H3. The Hall–Kier alpha value is -0.120. The van der Waals surface area contributed by atoms with Crippen molar-refractivity contribution in [1.29, 1.82) is 0 Å². The van der Waals surface area contributed by atoms with Crippen LogP contribution in [0.25, 0.3) is 0 Å². The van der Waals surface area contributed by atoms with Gasteiger partial charge in [0.15, 0.2) is 0 Å². The van der Waals surface area contributed by atoms with E-state index in [-0.39, 0.29) is 0 Å². The quantitative estimate of drug-likeness (QED) is 0.832. The molecule has 0 amide bonds. The summed E-state index contributed by atoms with van der Waals surface area (Å²) in [7, 11) is 4.53. The maximum absolute atomic E-state index is 6.32. The molecule has 0 bridgehead atoms. The van der Waals surface area contributed by atoms with E-state index in [2.05, 4.69) is 30.8 Å². The predicted molar refractivity (Wildman–Crippen MR) is 77.6 cm³/mol. The molecule has 3 unspecified atom stereocenters. The Balaban J connectivity index is 1.81. The number of likely N-dealkylation sites (tertiary alicyclic amines) is 1. The van der Waals surface area contributed by atoms with E-state index in [0.717, 1.165) is 11.8 Å². The first kappa shape index (κ1) is 14.3. The van der Waals surface area contributed by atoms with Crippen molar-refractivity contribution in [3.8, 4) is 0 Å². The van der Waals surface area contributed by atoms with Crippen molar-refractivity contribution in [2.24, 2.45) is 17.6 Å². The molecule has 1 saturated carbocycles. The van der Waals surface area contributed by atoms with E-state index in [1.165, 1.54) is 51.7 Å². The van der Waals surface area contributed by atoms with Gasteiger partial charge >= 0.3 is 0 Å². The molecule has 0 aromatic rings. The van der Waals surface area contributed by atoms with Gasteiger partial charge in [-0.3, -0.25) is 0 Å². The fourth-order valence-corrected chi connectivity index (χ4v) is 3.67. The van der Waals surface area contributed by atoms with E-state index in [9.17, 15) is 0 Å². The number of hydrogen-bond acceptors (Lipinski definition) is 3. The van der Waals surface area contributed by atoms with Crippen molar-refractivity contribution in [3.63, 3.8) is 0 Å². The third kappa shape index (κ3) is 3.69. The van der Waals surface area contributed by atoms with E-state index in [0.29, 0.717) is 12.1 Å². The summed E-state index contributed by atoms with van der Waals surface area (Å²) >= 11 is 0. The lowest BCUT2D eigenvalue weighted by Gasteiger charge is -2.41. The molecule has 0 spiro atoms. The van der Waals surface area contributed by atoms with E-state index >= 15 is 0 Å². The van der Waals surface area contributed by atoms with Gasteiger partial charge in [-0.2, -0.15) is 0 Å². The molecule has 1 aliphatic carbocycles. The van der Waals surface area contributed by atoms with E-state index in [1.54, 1.807) is 0 Å². The van der Waals surface area contributed by atoms with Crippen LogP contribution in [0.3, 0.4) is 0 Å². The highest BCUT2D eigenvalue weighted by Gasteiger charge is 2.30. The van der Waals surface area contributed by atoms with Crippen LogP contribution in [0.15, 0.2) is 0 Å². The van der Waals surface area contributed by atoms with Crippen LogP contribution in [0.2, 0.25) is 0 Å². The topological polar surface area (TPSA) is 32.5 Å². The zero-order chi connectivity index (χ0) is 13.1. The summed E-state index contributed by atoms with van der Waals surface area (Å²) in [4.78, 5) is 5.02. The highest BCUT2D eigenvalue weighted by molar-refractivity contribution is 4.88. The monoisotopic (exact) mass is 253 g/mol. The van der Waals surface area contributed by atoms with Gasteiger partial charge in [-0.05, 0) is 71.1 Å². The molecule has 1 saturated heterocycles. The van der Waals surface area contributed by atoms with Crippen LogP contribution in [0.4, 0.5) is 0 Å². The fourth-order valence-electron chi connectivity index (χ4n) is 3.67. The minimum atomic E-state index is 0.400. The second-order valence-corrected chi connectivity index (χ2v) is 6.84. The average molecular weight is 253 g/mol. The summed E-state index contributed by atoms with van der Waals surface area (Å²) in [6.07, 6.45) is 6.55. The molecule has 2 rings (SSSR count). The molecule has 106 valence electrons. The number of piperidine rings is 1. The van der Waals surface area contributed by atoms with Crippen LogP contribution in [0.1, 0.15) is 39.0 Å². The molecule has 0 radical (unpaired) electrons. The molecule has 1 heterocycles. The maximum Gasteiger partial charge on any atom is 0.0246 e. The van der Waals surface area contributed by atoms with Gasteiger partial charge in [0.1, 0.15) is 0 Å². The predicted octanol–water partition coefficient (Wildman–Crippen LogP) is 1.78. The molecule has 3 heteroatoms. The molecule has 3 atom stereocenters. The van der Waals surface area contributed by atoms with Gasteiger partial charge < -0.3 is 15.5 Å². The van der Waals surface area contributed by atoms with Crippen LogP contribution in [-0.2, 0) is 0 Å². The van der Waals surface area contributed by atoms with Crippen LogP contribution >= 0.6 is 0 Å². The number of nitrogens with zero attached hydrogens (tertiary/aromatic N) is 2. The Labute approximate surface area is 113 Å². The van der Waals surface area contributed by atoms with Gasteiger partial charge in [0.05, 0.1) is 0 Å². The van der Waals surface area contributed by atoms with Crippen molar-refractivity contribution < 1.29 is 0 Å². The number of rotatable bonds is 3. The van der Waals surface area contributed by atoms with E-state index in [1.807, 2.05) is 0 Å². The molecule has 1 aliphatic heterocycles. The van der Waals surface area contributed by atoms with E-state index in [4.69, 9.17) is 5.73 Å². The lowest BCUT2D eigenvalue weighted by atomic mass is 9.82. The first-order valence-corrected chi connectivity index (χ1v) is 7.70. The van der Waals surface area contributed by atoms with E-state index < -0.39 is 0 Å². The Morgan fingerprint density at radius 3 is 2.50 bits per heavy atom. The van der Waals surface area contributed by atoms with Gasteiger partial charge in [0.2, 0.25) is 0 Å². The van der Waals surface area contributed by atoms with Gasteiger partial charge in [-0.1, -0.05) is 6.92 Å². The summed E-state index contributed by atoms with van der Waals surface area (Å²) in [6.45, 7) is 6.17. The second-order valence-electron chi connectivity index (χ2n) is 6.84. The van der Waals surface area contributed by atoms with Crippen LogP contribution in [0.5, 0.6) is 0 Å². The average Bonchev–Trinajstić information content (AvgIpc) is 2.35. The summed E-state index contributed by atoms with van der Waals surface area (Å²) in [5.74, 6) is 1.74. The highest BCUT2D eigenvalue weighted by Crippen LogP contribution is 2.27. The molecule has 2 aliphatic rings. The Morgan fingerprint density at radius 2 is 1.83 bits per heavy atom. The third-order valence-electron chi connectivity index (χ3n) is 5.08. The minimum Gasteiger partial charge on any atom is -0.326 e. The minimum absolute atomic E-state index is 0.400. The van der Waals surface area contributed by atoms with Crippen molar-refractivity contribution in [2.75, 3.05) is 33.7 Å². The summed E-state index contributed by atoms with van der Waals surface area (Å²) < 4.78 is 0. The molecule has 0 aromatic heterocycles. The SMILES string of the molecule is CC1CCC(N)C(N(C)CC2CCN(C)CC2)C1. The summed E-state index contributed by atoms with van der Waals surface area (Å²) in [5, 5.41) is 0. The summed E-state index contributed by atoms with van der Waals surface area (Å²) in [6, 6.07) is 1.02. The molecule has 18 heavy (non-hydrogen) atoms. The first-order valence-electron chi connectivity index (χ1n) is 7.70. The number of likely N-dealkylation sites (N-methyl/N-ethyl adjacent to an activating group) is 1. The molecule has 2 fully saturated rings. The largest absolute Gasteiger partial charge is 0.326 e. The van der Waals surface area contributed by atoms with Gasteiger partial charge in [0, 0.05) is 18.6 Å². The van der Waals surface area contributed by atoms with Crippen molar-refractivity contribution >= 4 is 0 Å². The molecule has 3 nitrogen and oxygen atoms in total. The zero-order valence-electron chi connectivity index (χ0n) is 12.4. The molecule has 0 aromatic carbocycles. The lowest BCUT2D eigenvalue weighted by Crippen LogP contribution is -2.51. The number of hydrogen-bond donors (Lipinski definition) is 1. The van der Waals surface area contributed by atoms with Gasteiger partial charge in [-0.25, -0.2) is 0 Å². The Bertz CT molecular complexity index is 248. The van der Waals surface area contributed by atoms with Crippen LogP contribution < -0.4 is 5.73 Å². The zero-order valence-corrected chi connectivity index (χ0v) is 12.4. The van der Waals surface area contributed by atoms with Gasteiger partial charge in [-0.15, -0.1) is 0 Å². The maximum atomic E-state index is 6.32. The Kier molecular flexibility index (Phi) is 5.05. The van der Waals surface area contributed by atoms with Crippen LogP contribution in [-0.4, -0.2) is 55.6 Å². The van der Waals surface area contributed by atoms with Crippen molar-refractivity contribution in [2.45, 2.75) is 51.1 Å². The molecular formula is C15H31N3. The Morgan fingerprint density at radius 1 is 1.17 bits per heavy atom. The fraction of sp³-hybridized carbons (Fsp3) is 1.00. The smallest absolute Gasteiger partial charge is 0.0246 e. The summed E-state index contributed by atoms with van der Waals surface area (Å²) in [5.41, 5.74) is 6.32.